The number of esters is 2. The number of rotatable bonds is 6. The number of benzene rings is 2. The van der Waals surface area contributed by atoms with Crippen molar-refractivity contribution < 1.29 is 23.8 Å². The third kappa shape index (κ3) is 5.96. The van der Waals surface area contributed by atoms with E-state index >= 15 is 0 Å². The molecular formula is C18H16Cl2O5. The minimum Gasteiger partial charge on any atom is -0.480 e. The zero-order valence-corrected chi connectivity index (χ0v) is 15.1. The second kappa shape index (κ2) is 8.74. The number of hydrogen-bond donors (Lipinski definition) is 0. The van der Waals surface area contributed by atoms with Crippen LogP contribution in [0.2, 0.25) is 10.0 Å². The lowest BCUT2D eigenvalue weighted by Gasteiger charge is -2.10. The highest BCUT2D eigenvalue weighted by molar-refractivity contribution is 6.35. The van der Waals surface area contributed by atoms with Crippen molar-refractivity contribution in [2.24, 2.45) is 0 Å². The average Bonchev–Trinajstić information content (AvgIpc) is 2.53. The molecular weight excluding hydrogens is 367 g/mol. The number of carbonyl (C=O) groups is 2. The van der Waals surface area contributed by atoms with Crippen molar-refractivity contribution in [1.29, 1.82) is 0 Å². The Morgan fingerprint density at radius 3 is 2.52 bits per heavy atom. The highest BCUT2D eigenvalue weighted by Crippen LogP contribution is 2.27. The SMILES string of the molecule is CC(C)OC(=O)c1cccc(OC(=O)COc2ccc(Cl)cc2Cl)c1. The lowest BCUT2D eigenvalue weighted by atomic mass is 10.2. The second-order valence-electron chi connectivity index (χ2n) is 5.32. The molecule has 2 aromatic carbocycles. The van der Waals surface area contributed by atoms with E-state index in [0.29, 0.717) is 21.4 Å². The van der Waals surface area contributed by atoms with E-state index in [1.54, 1.807) is 44.2 Å². The fourth-order valence-corrected chi connectivity index (χ4v) is 2.32. The highest BCUT2D eigenvalue weighted by atomic mass is 35.5. The monoisotopic (exact) mass is 382 g/mol. The Balaban J connectivity index is 1.95. The van der Waals surface area contributed by atoms with Crippen molar-refractivity contribution in [3.05, 3.63) is 58.1 Å². The Hall–Kier alpha value is -2.24. The molecule has 0 bridgehead atoms. The molecule has 0 heterocycles. The summed E-state index contributed by atoms with van der Waals surface area (Å²) in [4.78, 5) is 23.7. The summed E-state index contributed by atoms with van der Waals surface area (Å²) < 4.78 is 15.5. The van der Waals surface area contributed by atoms with Crippen LogP contribution in [-0.4, -0.2) is 24.6 Å². The van der Waals surface area contributed by atoms with E-state index in [1.165, 1.54) is 12.1 Å². The van der Waals surface area contributed by atoms with Crippen LogP contribution in [0, 0.1) is 0 Å². The maximum absolute atomic E-state index is 11.9. The maximum atomic E-state index is 11.9. The van der Waals surface area contributed by atoms with Crippen LogP contribution < -0.4 is 9.47 Å². The Labute approximate surface area is 155 Å². The fourth-order valence-electron chi connectivity index (χ4n) is 1.86. The molecule has 0 spiro atoms. The first kappa shape index (κ1) is 19.1. The third-order valence-electron chi connectivity index (χ3n) is 2.88. The number of hydrogen-bond acceptors (Lipinski definition) is 5. The van der Waals surface area contributed by atoms with Crippen LogP contribution >= 0.6 is 23.2 Å². The Kier molecular flexibility index (Phi) is 6.67. The smallest absolute Gasteiger partial charge is 0.349 e. The summed E-state index contributed by atoms with van der Waals surface area (Å²) in [7, 11) is 0. The molecule has 0 fully saturated rings. The Morgan fingerprint density at radius 1 is 1.08 bits per heavy atom. The van der Waals surface area contributed by atoms with Crippen molar-refractivity contribution in [2.45, 2.75) is 20.0 Å². The summed E-state index contributed by atoms with van der Waals surface area (Å²) in [5.74, 6) is -0.594. The van der Waals surface area contributed by atoms with Gasteiger partial charge in [-0.2, -0.15) is 0 Å². The number of carbonyl (C=O) groups excluding carboxylic acids is 2. The summed E-state index contributed by atoms with van der Waals surface area (Å²) in [6.07, 6.45) is -0.240. The third-order valence-corrected chi connectivity index (χ3v) is 3.41. The standard InChI is InChI=1S/C18H16Cl2O5/c1-11(2)24-18(22)12-4-3-5-14(8-12)25-17(21)10-23-16-7-6-13(19)9-15(16)20/h3-9,11H,10H2,1-2H3. The van der Waals surface area contributed by atoms with Gasteiger partial charge >= 0.3 is 11.9 Å². The van der Waals surface area contributed by atoms with Crippen molar-refractivity contribution in [3.8, 4) is 11.5 Å². The van der Waals surface area contributed by atoms with Gasteiger partial charge in [0.25, 0.3) is 0 Å². The van der Waals surface area contributed by atoms with E-state index in [9.17, 15) is 9.59 Å². The molecule has 0 aliphatic carbocycles. The van der Waals surface area contributed by atoms with Crippen LogP contribution in [0.25, 0.3) is 0 Å². The van der Waals surface area contributed by atoms with E-state index < -0.39 is 11.9 Å². The van der Waals surface area contributed by atoms with Gasteiger partial charge in [0, 0.05) is 5.02 Å². The molecule has 2 aromatic rings. The van der Waals surface area contributed by atoms with Crippen LogP contribution in [0.15, 0.2) is 42.5 Å². The summed E-state index contributed by atoms with van der Waals surface area (Å²) in [5, 5.41) is 0.753. The summed E-state index contributed by atoms with van der Waals surface area (Å²) >= 11 is 11.7. The van der Waals surface area contributed by atoms with E-state index in [4.69, 9.17) is 37.4 Å². The largest absolute Gasteiger partial charge is 0.480 e. The molecule has 5 nitrogen and oxygen atoms in total. The minimum absolute atomic E-state index is 0.217. The van der Waals surface area contributed by atoms with Gasteiger partial charge in [-0.15, -0.1) is 0 Å². The second-order valence-corrected chi connectivity index (χ2v) is 6.16. The normalized spacial score (nSPS) is 10.4. The molecule has 0 atom stereocenters. The molecule has 7 heteroatoms. The van der Waals surface area contributed by atoms with Gasteiger partial charge in [0.05, 0.1) is 16.7 Å². The first-order valence-electron chi connectivity index (χ1n) is 7.44. The zero-order chi connectivity index (χ0) is 18.4. The van der Waals surface area contributed by atoms with E-state index in [2.05, 4.69) is 0 Å². The molecule has 0 aromatic heterocycles. The van der Waals surface area contributed by atoms with Crippen molar-refractivity contribution >= 4 is 35.1 Å². The summed E-state index contributed by atoms with van der Waals surface area (Å²) in [6, 6.07) is 10.8. The Bertz CT molecular complexity index is 774. The number of halogens is 2. The van der Waals surface area contributed by atoms with Crippen LogP contribution in [0.4, 0.5) is 0 Å². The van der Waals surface area contributed by atoms with Gasteiger partial charge in [0.15, 0.2) is 6.61 Å². The van der Waals surface area contributed by atoms with E-state index in [-0.39, 0.29) is 18.5 Å². The summed E-state index contributed by atoms with van der Waals surface area (Å²) in [6.45, 7) is 3.16. The average molecular weight is 383 g/mol. The predicted molar refractivity (Wildman–Crippen MR) is 94.6 cm³/mol. The van der Waals surface area contributed by atoms with Crippen molar-refractivity contribution in [2.75, 3.05) is 6.61 Å². The topological polar surface area (TPSA) is 61.8 Å². The predicted octanol–water partition coefficient (Wildman–Crippen LogP) is 4.54. The molecule has 0 N–H and O–H groups in total. The van der Waals surface area contributed by atoms with Gasteiger partial charge < -0.3 is 14.2 Å². The molecule has 0 saturated carbocycles. The van der Waals surface area contributed by atoms with Crippen LogP contribution in [0.3, 0.4) is 0 Å². The first-order valence-corrected chi connectivity index (χ1v) is 8.20. The molecule has 0 saturated heterocycles. The first-order chi connectivity index (χ1) is 11.8. The maximum Gasteiger partial charge on any atom is 0.349 e. The van der Waals surface area contributed by atoms with Gasteiger partial charge in [-0.05, 0) is 50.2 Å². The van der Waals surface area contributed by atoms with Crippen LogP contribution in [-0.2, 0) is 9.53 Å². The Morgan fingerprint density at radius 2 is 1.84 bits per heavy atom. The van der Waals surface area contributed by atoms with Crippen molar-refractivity contribution in [3.63, 3.8) is 0 Å². The molecule has 2 rings (SSSR count). The highest BCUT2D eigenvalue weighted by Gasteiger charge is 2.13. The van der Waals surface area contributed by atoms with Gasteiger partial charge in [-0.1, -0.05) is 29.3 Å². The summed E-state index contributed by atoms with van der Waals surface area (Å²) in [5.41, 5.74) is 0.292. The quantitative estimate of drug-likeness (QED) is 0.541. The molecule has 132 valence electrons. The van der Waals surface area contributed by atoms with Gasteiger partial charge in [0.2, 0.25) is 0 Å². The zero-order valence-electron chi connectivity index (χ0n) is 13.6. The van der Waals surface area contributed by atoms with Crippen LogP contribution in [0.1, 0.15) is 24.2 Å². The lowest BCUT2D eigenvalue weighted by molar-refractivity contribution is -0.136. The number of ether oxygens (including phenoxy) is 3. The van der Waals surface area contributed by atoms with Gasteiger partial charge in [-0.3, -0.25) is 0 Å². The fraction of sp³-hybridized carbons (Fsp3) is 0.222. The molecule has 0 aliphatic heterocycles. The van der Waals surface area contributed by atoms with E-state index in [1.807, 2.05) is 0 Å². The molecule has 0 radical (unpaired) electrons. The molecule has 25 heavy (non-hydrogen) atoms. The van der Waals surface area contributed by atoms with Gasteiger partial charge in [0.1, 0.15) is 11.5 Å². The van der Waals surface area contributed by atoms with E-state index in [0.717, 1.165) is 0 Å². The minimum atomic E-state index is -0.639. The molecule has 0 unspecified atom stereocenters. The molecule has 0 amide bonds. The van der Waals surface area contributed by atoms with Gasteiger partial charge in [-0.25, -0.2) is 9.59 Å². The van der Waals surface area contributed by atoms with Crippen molar-refractivity contribution in [1.82, 2.24) is 0 Å². The lowest BCUT2D eigenvalue weighted by Crippen LogP contribution is -2.18. The van der Waals surface area contributed by atoms with Crippen LogP contribution in [0.5, 0.6) is 11.5 Å². The molecule has 0 aliphatic rings.